The summed E-state index contributed by atoms with van der Waals surface area (Å²) >= 11 is 0. The molecule has 72 valence electrons. The molecule has 0 amide bonds. The lowest BCUT2D eigenvalue weighted by atomic mass is 10.0. The standard InChI is InChI=1S/C10H12F2O/c1-10(11,12)9(13)7-8-5-3-2-4-6-8/h2-6,9,13H,7H2,1H3. The third kappa shape index (κ3) is 3.11. The third-order valence-electron chi connectivity index (χ3n) is 1.86. The van der Waals surface area contributed by atoms with E-state index in [4.69, 9.17) is 5.11 Å². The molecule has 0 heterocycles. The monoisotopic (exact) mass is 186 g/mol. The van der Waals surface area contributed by atoms with Crippen LogP contribution in [-0.2, 0) is 6.42 Å². The average Bonchev–Trinajstić information content (AvgIpc) is 2.04. The summed E-state index contributed by atoms with van der Waals surface area (Å²) in [6.45, 7) is 0.723. The minimum Gasteiger partial charge on any atom is -0.387 e. The Morgan fingerprint density at radius 1 is 1.31 bits per heavy atom. The molecule has 1 atom stereocenters. The molecule has 3 heteroatoms. The van der Waals surface area contributed by atoms with Gasteiger partial charge in [-0.15, -0.1) is 0 Å². The SMILES string of the molecule is CC(F)(F)C(O)Cc1ccccc1. The quantitative estimate of drug-likeness (QED) is 0.767. The van der Waals surface area contributed by atoms with Gasteiger partial charge in [0.1, 0.15) is 6.10 Å². The average molecular weight is 186 g/mol. The summed E-state index contributed by atoms with van der Waals surface area (Å²) in [4.78, 5) is 0. The highest BCUT2D eigenvalue weighted by Crippen LogP contribution is 2.20. The van der Waals surface area contributed by atoms with Gasteiger partial charge >= 0.3 is 0 Å². The minimum absolute atomic E-state index is 0.00958. The van der Waals surface area contributed by atoms with E-state index in [0.717, 1.165) is 12.5 Å². The van der Waals surface area contributed by atoms with E-state index in [1.807, 2.05) is 0 Å². The molecule has 0 aliphatic rings. The number of rotatable bonds is 3. The first-order valence-electron chi connectivity index (χ1n) is 4.10. The molecule has 1 aromatic rings. The first kappa shape index (κ1) is 10.1. The van der Waals surface area contributed by atoms with Crippen LogP contribution in [-0.4, -0.2) is 17.1 Å². The number of aliphatic hydroxyl groups is 1. The summed E-state index contributed by atoms with van der Waals surface area (Å²) in [7, 11) is 0. The Bertz CT molecular complexity index is 253. The Labute approximate surface area is 76.0 Å². The highest BCUT2D eigenvalue weighted by atomic mass is 19.3. The summed E-state index contributed by atoms with van der Waals surface area (Å²) in [6.07, 6.45) is -1.61. The predicted molar refractivity (Wildman–Crippen MR) is 46.8 cm³/mol. The molecule has 0 spiro atoms. The van der Waals surface area contributed by atoms with E-state index in [9.17, 15) is 8.78 Å². The number of benzene rings is 1. The normalized spacial score (nSPS) is 14.2. The van der Waals surface area contributed by atoms with Crippen LogP contribution in [0.4, 0.5) is 8.78 Å². The van der Waals surface area contributed by atoms with Crippen LogP contribution in [0.3, 0.4) is 0 Å². The Morgan fingerprint density at radius 3 is 2.31 bits per heavy atom. The number of aliphatic hydroxyl groups excluding tert-OH is 1. The van der Waals surface area contributed by atoms with Crippen LogP contribution >= 0.6 is 0 Å². The lowest BCUT2D eigenvalue weighted by Gasteiger charge is -2.17. The van der Waals surface area contributed by atoms with Gasteiger partial charge in [-0.1, -0.05) is 30.3 Å². The van der Waals surface area contributed by atoms with Crippen LogP contribution in [0.2, 0.25) is 0 Å². The maximum Gasteiger partial charge on any atom is 0.271 e. The third-order valence-corrected chi connectivity index (χ3v) is 1.86. The van der Waals surface area contributed by atoms with Crippen molar-refractivity contribution in [3.05, 3.63) is 35.9 Å². The van der Waals surface area contributed by atoms with Gasteiger partial charge in [-0.05, 0) is 5.56 Å². The van der Waals surface area contributed by atoms with Crippen molar-refractivity contribution in [1.29, 1.82) is 0 Å². The molecule has 0 saturated carbocycles. The maximum absolute atomic E-state index is 12.6. The van der Waals surface area contributed by atoms with Crippen LogP contribution in [0.5, 0.6) is 0 Å². The van der Waals surface area contributed by atoms with E-state index in [2.05, 4.69) is 0 Å². The van der Waals surface area contributed by atoms with E-state index < -0.39 is 12.0 Å². The van der Waals surface area contributed by atoms with Crippen LogP contribution in [0.15, 0.2) is 30.3 Å². The minimum atomic E-state index is -3.03. The van der Waals surface area contributed by atoms with E-state index in [1.165, 1.54) is 0 Å². The molecule has 0 fully saturated rings. The lowest BCUT2D eigenvalue weighted by Crippen LogP contribution is -2.31. The Kier molecular flexibility index (Phi) is 2.98. The molecule has 1 N–H and O–H groups in total. The van der Waals surface area contributed by atoms with Crippen molar-refractivity contribution in [2.75, 3.05) is 0 Å². The Morgan fingerprint density at radius 2 is 1.85 bits per heavy atom. The van der Waals surface area contributed by atoms with E-state index >= 15 is 0 Å². The second-order valence-corrected chi connectivity index (χ2v) is 3.16. The molecular formula is C10H12F2O. The van der Waals surface area contributed by atoms with E-state index in [1.54, 1.807) is 30.3 Å². The molecule has 1 aromatic carbocycles. The molecule has 1 rings (SSSR count). The largest absolute Gasteiger partial charge is 0.387 e. The molecule has 0 aliphatic heterocycles. The van der Waals surface area contributed by atoms with Crippen molar-refractivity contribution in [3.8, 4) is 0 Å². The van der Waals surface area contributed by atoms with E-state index in [-0.39, 0.29) is 6.42 Å². The number of hydrogen-bond donors (Lipinski definition) is 1. The topological polar surface area (TPSA) is 20.2 Å². The van der Waals surface area contributed by atoms with Crippen LogP contribution < -0.4 is 0 Å². The van der Waals surface area contributed by atoms with Crippen LogP contribution in [0, 0.1) is 0 Å². The molecule has 0 bridgehead atoms. The fraction of sp³-hybridized carbons (Fsp3) is 0.400. The summed E-state index contributed by atoms with van der Waals surface area (Å²) in [5, 5.41) is 9.09. The van der Waals surface area contributed by atoms with Crippen molar-refractivity contribution >= 4 is 0 Å². The summed E-state index contributed by atoms with van der Waals surface area (Å²) in [6, 6.07) is 8.76. The zero-order valence-corrected chi connectivity index (χ0v) is 7.37. The molecule has 1 unspecified atom stereocenters. The molecule has 0 saturated heterocycles. The van der Waals surface area contributed by atoms with Crippen molar-refractivity contribution in [3.63, 3.8) is 0 Å². The van der Waals surface area contributed by atoms with Gasteiger partial charge in [0.25, 0.3) is 5.92 Å². The summed E-state index contributed by atoms with van der Waals surface area (Å²) < 4.78 is 25.1. The molecule has 1 nitrogen and oxygen atoms in total. The highest BCUT2D eigenvalue weighted by molar-refractivity contribution is 5.15. The van der Waals surface area contributed by atoms with Crippen molar-refractivity contribution < 1.29 is 13.9 Å². The van der Waals surface area contributed by atoms with Gasteiger partial charge in [0, 0.05) is 13.3 Å². The van der Waals surface area contributed by atoms with Crippen LogP contribution in [0.25, 0.3) is 0 Å². The number of hydrogen-bond acceptors (Lipinski definition) is 1. The maximum atomic E-state index is 12.6. The van der Waals surface area contributed by atoms with Gasteiger partial charge in [0.2, 0.25) is 0 Å². The summed E-state index contributed by atoms with van der Waals surface area (Å²) in [5.41, 5.74) is 0.719. The van der Waals surface area contributed by atoms with E-state index in [0.29, 0.717) is 0 Å². The van der Waals surface area contributed by atoms with Gasteiger partial charge in [-0.3, -0.25) is 0 Å². The zero-order chi connectivity index (χ0) is 9.90. The predicted octanol–water partition coefficient (Wildman–Crippen LogP) is 2.25. The zero-order valence-electron chi connectivity index (χ0n) is 7.37. The highest BCUT2D eigenvalue weighted by Gasteiger charge is 2.31. The van der Waals surface area contributed by atoms with Gasteiger partial charge in [0.05, 0.1) is 0 Å². The Balaban J connectivity index is 2.61. The van der Waals surface area contributed by atoms with Gasteiger partial charge < -0.3 is 5.11 Å². The van der Waals surface area contributed by atoms with Crippen molar-refractivity contribution in [2.45, 2.75) is 25.4 Å². The van der Waals surface area contributed by atoms with Crippen molar-refractivity contribution in [1.82, 2.24) is 0 Å². The first-order chi connectivity index (χ1) is 6.00. The second kappa shape index (κ2) is 3.83. The smallest absolute Gasteiger partial charge is 0.271 e. The lowest BCUT2D eigenvalue weighted by molar-refractivity contribution is -0.0921. The van der Waals surface area contributed by atoms with Crippen LogP contribution in [0.1, 0.15) is 12.5 Å². The Hall–Kier alpha value is -0.960. The second-order valence-electron chi connectivity index (χ2n) is 3.16. The molecule has 0 radical (unpaired) electrons. The fourth-order valence-electron chi connectivity index (χ4n) is 1.02. The number of halogens is 2. The number of alkyl halides is 2. The van der Waals surface area contributed by atoms with Gasteiger partial charge in [-0.25, -0.2) is 8.78 Å². The van der Waals surface area contributed by atoms with Crippen molar-refractivity contribution in [2.24, 2.45) is 0 Å². The van der Waals surface area contributed by atoms with Gasteiger partial charge in [0.15, 0.2) is 0 Å². The molecular weight excluding hydrogens is 174 g/mol. The first-order valence-corrected chi connectivity index (χ1v) is 4.10. The summed E-state index contributed by atoms with van der Waals surface area (Å²) in [5.74, 6) is -3.03. The van der Waals surface area contributed by atoms with Gasteiger partial charge in [-0.2, -0.15) is 0 Å². The molecule has 0 aromatic heterocycles. The molecule has 0 aliphatic carbocycles. The molecule has 13 heavy (non-hydrogen) atoms. The fourth-order valence-corrected chi connectivity index (χ4v) is 1.02.